The molecule has 0 spiro atoms. The summed E-state index contributed by atoms with van der Waals surface area (Å²) >= 11 is 6.72. The Labute approximate surface area is 123 Å². The van der Waals surface area contributed by atoms with Gasteiger partial charge in [-0.25, -0.2) is 15.0 Å². The van der Waals surface area contributed by atoms with Crippen LogP contribution in [-0.2, 0) is 0 Å². The third-order valence-corrected chi connectivity index (χ3v) is 5.15. The van der Waals surface area contributed by atoms with E-state index in [9.17, 15) is 0 Å². The molecule has 0 radical (unpaired) electrons. The molecule has 0 unspecified atom stereocenters. The van der Waals surface area contributed by atoms with Gasteiger partial charge in [-0.1, -0.05) is 6.92 Å². The molecule has 1 N–H and O–H groups in total. The molecule has 0 aromatic carbocycles. The van der Waals surface area contributed by atoms with Crippen LogP contribution in [0.15, 0.2) is 25.5 Å². The van der Waals surface area contributed by atoms with Crippen LogP contribution < -0.4 is 5.32 Å². The summed E-state index contributed by atoms with van der Waals surface area (Å²) in [6.07, 6.45) is 2.64. The van der Waals surface area contributed by atoms with Crippen molar-refractivity contribution in [2.24, 2.45) is 0 Å². The summed E-state index contributed by atoms with van der Waals surface area (Å²) in [5, 5.41) is 6.19. The van der Waals surface area contributed by atoms with Gasteiger partial charge in [-0.3, -0.25) is 0 Å². The van der Waals surface area contributed by atoms with Crippen LogP contribution in [0.1, 0.15) is 19.0 Å². The second kappa shape index (κ2) is 6.49. The van der Waals surface area contributed by atoms with E-state index in [1.54, 1.807) is 29.4 Å². The molecule has 0 bridgehead atoms. The first-order valence-electron chi connectivity index (χ1n) is 5.55. The predicted molar refractivity (Wildman–Crippen MR) is 79.5 cm³/mol. The molecule has 0 saturated carbocycles. The summed E-state index contributed by atoms with van der Waals surface area (Å²) in [6.45, 7) is 5.01. The Kier molecular flexibility index (Phi) is 4.96. The van der Waals surface area contributed by atoms with E-state index in [2.05, 4.69) is 43.1 Å². The van der Waals surface area contributed by atoms with Gasteiger partial charge in [-0.15, -0.1) is 11.3 Å². The molecule has 2 rings (SSSR count). The van der Waals surface area contributed by atoms with Gasteiger partial charge in [0, 0.05) is 17.6 Å². The van der Waals surface area contributed by atoms with E-state index in [0.717, 1.165) is 38.3 Å². The van der Waals surface area contributed by atoms with E-state index < -0.39 is 0 Å². The topological polar surface area (TPSA) is 50.7 Å². The summed E-state index contributed by atoms with van der Waals surface area (Å²) in [5.41, 5.74) is 1.04. The fourth-order valence-electron chi connectivity index (χ4n) is 1.25. The number of rotatable bonds is 5. The van der Waals surface area contributed by atoms with Gasteiger partial charge in [-0.05, 0) is 41.0 Å². The summed E-state index contributed by atoms with van der Waals surface area (Å²) in [5.74, 6) is 0.836. The molecular formula is C11H13BrN4S2. The Morgan fingerprint density at radius 1 is 1.44 bits per heavy atom. The van der Waals surface area contributed by atoms with Crippen molar-refractivity contribution in [2.75, 3.05) is 11.9 Å². The number of aromatic nitrogens is 3. The van der Waals surface area contributed by atoms with Gasteiger partial charge >= 0.3 is 0 Å². The van der Waals surface area contributed by atoms with Gasteiger partial charge in [0.1, 0.15) is 17.2 Å². The van der Waals surface area contributed by atoms with E-state index in [1.807, 2.05) is 12.3 Å². The molecule has 0 aliphatic rings. The van der Waals surface area contributed by atoms with E-state index >= 15 is 0 Å². The van der Waals surface area contributed by atoms with Crippen LogP contribution in [0, 0.1) is 6.92 Å². The second-order valence-corrected chi connectivity index (χ2v) is 6.51. The van der Waals surface area contributed by atoms with E-state index in [4.69, 9.17) is 0 Å². The van der Waals surface area contributed by atoms with Crippen molar-refractivity contribution < 1.29 is 0 Å². The van der Waals surface area contributed by atoms with Crippen LogP contribution in [0.4, 0.5) is 5.82 Å². The summed E-state index contributed by atoms with van der Waals surface area (Å²) in [7, 11) is 0. The number of thiazole rings is 1. The maximum absolute atomic E-state index is 4.42. The Morgan fingerprint density at radius 3 is 2.94 bits per heavy atom. The van der Waals surface area contributed by atoms with Gasteiger partial charge in [0.2, 0.25) is 0 Å². The fraction of sp³-hybridized carbons (Fsp3) is 0.364. The number of anilines is 1. The number of aryl methyl sites for hydroxylation is 1. The Bertz CT molecular complexity index is 530. The highest BCUT2D eigenvalue weighted by Crippen LogP contribution is 2.35. The molecule has 2 heterocycles. The van der Waals surface area contributed by atoms with Crippen molar-refractivity contribution in [3.05, 3.63) is 21.9 Å². The van der Waals surface area contributed by atoms with Crippen molar-refractivity contribution >= 4 is 44.8 Å². The van der Waals surface area contributed by atoms with E-state index in [-0.39, 0.29) is 0 Å². The number of nitrogens with zero attached hydrogens (tertiary/aromatic N) is 3. The molecule has 2 aromatic heterocycles. The molecule has 7 heteroatoms. The third-order valence-electron chi connectivity index (χ3n) is 2.08. The standard InChI is InChI=1S/C11H13BrN4S2/c1-3-4-13-9-8(12)10(15-6-14-9)18-11-16-7(2)5-17-11/h5-6H,3-4H2,1-2H3,(H,13,14,15). The first kappa shape index (κ1) is 13.8. The number of hydrogen-bond donors (Lipinski definition) is 1. The zero-order valence-electron chi connectivity index (χ0n) is 10.1. The first-order valence-corrected chi connectivity index (χ1v) is 8.04. The minimum absolute atomic E-state index is 0.836. The Balaban J connectivity index is 2.17. The summed E-state index contributed by atoms with van der Waals surface area (Å²) in [4.78, 5) is 12.9. The lowest BCUT2D eigenvalue weighted by Gasteiger charge is -2.07. The Hall–Kier alpha value is -0.660. The van der Waals surface area contributed by atoms with E-state index in [0.29, 0.717) is 0 Å². The highest BCUT2D eigenvalue weighted by atomic mass is 79.9. The van der Waals surface area contributed by atoms with Crippen molar-refractivity contribution in [2.45, 2.75) is 29.6 Å². The number of nitrogens with one attached hydrogen (secondary N) is 1. The number of halogens is 1. The van der Waals surface area contributed by atoms with Crippen LogP contribution in [0.3, 0.4) is 0 Å². The average Bonchev–Trinajstić information content (AvgIpc) is 2.76. The lowest BCUT2D eigenvalue weighted by atomic mass is 10.4. The smallest absolute Gasteiger partial charge is 0.156 e. The maximum Gasteiger partial charge on any atom is 0.156 e. The molecular weight excluding hydrogens is 332 g/mol. The lowest BCUT2D eigenvalue weighted by molar-refractivity contribution is 0.945. The van der Waals surface area contributed by atoms with Gasteiger partial charge in [-0.2, -0.15) is 0 Å². The van der Waals surface area contributed by atoms with Crippen LogP contribution in [0.2, 0.25) is 0 Å². The third kappa shape index (κ3) is 3.43. The van der Waals surface area contributed by atoms with Crippen molar-refractivity contribution in [3.63, 3.8) is 0 Å². The fourth-order valence-corrected chi connectivity index (χ4v) is 3.58. The van der Waals surface area contributed by atoms with Gasteiger partial charge in [0.25, 0.3) is 0 Å². The van der Waals surface area contributed by atoms with Crippen LogP contribution in [0.5, 0.6) is 0 Å². The molecule has 0 fully saturated rings. The number of hydrogen-bond acceptors (Lipinski definition) is 6. The molecule has 0 atom stereocenters. The average molecular weight is 345 g/mol. The lowest BCUT2D eigenvalue weighted by Crippen LogP contribution is -2.03. The largest absolute Gasteiger partial charge is 0.369 e. The molecule has 0 aliphatic carbocycles. The zero-order chi connectivity index (χ0) is 13.0. The molecule has 2 aromatic rings. The minimum Gasteiger partial charge on any atom is -0.369 e. The van der Waals surface area contributed by atoms with Crippen LogP contribution in [-0.4, -0.2) is 21.5 Å². The normalized spacial score (nSPS) is 10.6. The van der Waals surface area contributed by atoms with Crippen LogP contribution >= 0.6 is 39.0 Å². The molecule has 0 aliphatic heterocycles. The summed E-state index contributed by atoms with van der Waals surface area (Å²) in [6, 6.07) is 0. The van der Waals surface area contributed by atoms with E-state index in [1.165, 1.54) is 0 Å². The second-order valence-electron chi connectivity index (χ2n) is 3.63. The van der Waals surface area contributed by atoms with Gasteiger partial charge < -0.3 is 5.32 Å². The molecule has 4 nitrogen and oxygen atoms in total. The SMILES string of the molecule is CCCNc1ncnc(Sc2nc(C)cs2)c1Br. The van der Waals surface area contributed by atoms with Gasteiger partial charge in [0.15, 0.2) is 4.34 Å². The highest BCUT2D eigenvalue weighted by Gasteiger charge is 2.11. The predicted octanol–water partition coefficient (Wildman–Crippen LogP) is 3.98. The van der Waals surface area contributed by atoms with Crippen LogP contribution in [0.25, 0.3) is 0 Å². The van der Waals surface area contributed by atoms with Crippen molar-refractivity contribution in [3.8, 4) is 0 Å². The van der Waals surface area contributed by atoms with Crippen molar-refractivity contribution in [1.82, 2.24) is 15.0 Å². The molecule has 96 valence electrons. The monoisotopic (exact) mass is 344 g/mol. The van der Waals surface area contributed by atoms with Crippen molar-refractivity contribution in [1.29, 1.82) is 0 Å². The molecule has 18 heavy (non-hydrogen) atoms. The maximum atomic E-state index is 4.42. The quantitative estimate of drug-likeness (QED) is 0.831. The van der Waals surface area contributed by atoms with Gasteiger partial charge in [0.05, 0.1) is 4.47 Å². The minimum atomic E-state index is 0.836. The summed E-state index contributed by atoms with van der Waals surface area (Å²) < 4.78 is 1.89. The zero-order valence-corrected chi connectivity index (χ0v) is 13.3. The molecule has 0 saturated heterocycles. The first-order chi connectivity index (χ1) is 8.70. The highest BCUT2D eigenvalue weighted by molar-refractivity contribution is 9.10. The Morgan fingerprint density at radius 2 is 2.28 bits per heavy atom. The molecule has 0 amide bonds.